The number of nitrogens with zero attached hydrogens (tertiary/aromatic N) is 2. The van der Waals surface area contributed by atoms with Crippen molar-refractivity contribution in [1.82, 2.24) is 10.2 Å². The number of nitro groups is 1. The summed E-state index contributed by atoms with van der Waals surface area (Å²) in [5.74, 6) is -0.175. The Morgan fingerprint density at radius 3 is 2.88 bits per heavy atom. The first-order valence-corrected chi connectivity index (χ1v) is 5.67. The van der Waals surface area contributed by atoms with Crippen LogP contribution in [0.15, 0.2) is 12.0 Å². The highest BCUT2D eigenvalue weighted by Gasteiger charge is 2.32. The Morgan fingerprint density at radius 2 is 2.38 bits per heavy atom. The zero-order chi connectivity index (χ0) is 12.3. The summed E-state index contributed by atoms with van der Waals surface area (Å²) in [6.07, 6.45) is 0.892. The molecule has 1 atom stereocenters. The van der Waals surface area contributed by atoms with Crippen LogP contribution in [0, 0.1) is 10.1 Å². The lowest BCUT2D eigenvalue weighted by molar-refractivity contribution is -0.445. The molecular weight excluding hydrogens is 242 g/mol. The summed E-state index contributed by atoms with van der Waals surface area (Å²) in [5, 5.41) is 13.3. The molecule has 0 aromatic rings. The van der Waals surface area contributed by atoms with Crippen molar-refractivity contribution in [2.75, 3.05) is 13.2 Å². The minimum atomic E-state index is -4.51. The van der Waals surface area contributed by atoms with Crippen molar-refractivity contribution >= 4 is 10.4 Å². The van der Waals surface area contributed by atoms with Crippen LogP contribution in [-0.2, 0) is 14.6 Å². The maximum Gasteiger partial charge on any atom is 0.397 e. The van der Waals surface area contributed by atoms with Crippen molar-refractivity contribution in [3.8, 4) is 0 Å². The molecule has 0 saturated carbocycles. The third-order valence-corrected chi connectivity index (χ3v) is 2.43. The van der Waals surface area contributed by atoms with E-state index < -0.39 is 15.3 Å². The van der Waals surface area contributed by atoms with Gasteiger partial charge in [-0.25, -0.2) is 9.08 Å². The molecule has 0 aliphatic carbocycles. The molecule has 0 bridgehead atoms. The number of rotatable bonds is 5. The van der Waals surface area contributed by atoms with Crippen molar-refractivity contribution in [1.29, 1.82) is 0 Å². The molecule has 0 fully saturated rings. The summed E-state index contributed by atoms with van der Waals surface area (Å²) in [4.78, 5) is 11.3. The number of nitrogens with one attached hydrogen (secondary N) is 1. The van der Waals surface area contributed by atoms with Gasteiger partial charge in [0.1, 0.15) is 13.2 Å². The fraction of sp³-hybridized carbons (Fsp3) is 0.667. The second-order valence-electron chi connectivity index (χ2n) is 3.05. The van der Waals surface area contributed by atoms with Crippen LogP contribution in [0.2, 0.25) is 0 Å². The molecule has 16 heavy (non-hydrogen) atoms. The average molecular weight is 253 g/mol. The van der Waals surface area contributed by atoms with Gasteiger partial charge in [-0.2, -0.15) is 8.42 Å². The molecule has 0 aromatic carbocycles. The molecule has 0 amide bonds. The Balaban J connectivity index is 2.53. The molecule has 1 unspecified atom stereocenters. The molecule has 0 saturated heterocycles. The predicted octanol–water partition coefficient (Wildman–Crippen LogP) is -0.867. The van der Waals surface area contributed by atoms with Crippen LogP contribution >= 0.6 is 0 Å². The van der Waals surface area contributed by atoms with Crippen LogP contribution in [0.3, 0.4) is 0 Å². The molecule has 0 radical (unpaired) electrons. The van der Waals surface area contributed by atoms with Gasteiger partial charge in [0.2, 0.25) is 0 Å². The highest BCUT2D eigenvalue weighted by molar-refractivity contribution is 7.80. The minimum absolute atomic E-state index is 0.0270. The summed E-state index contributed by atoms with van der Waals surface area (Å²) >= 11 is 0. The van der Waals surface area contributed by atoms with Crippen LogP contribution in [0.25, 0.3) is 0 Å². The molecule has 92 valence electrons. The first-order chi connectivity index (χ1) is 7.31. The summed E-state index contributed by atoms with van der Waals surface area (Å²) in [6, 6.07) is 0. The Kier molecular flexibility index (Phi) is 3.67. The number of hydrogen-bond donors (Lipinski definition) is 2. The van der Waals surface area contributed by atoms with Crippen LogP contribution in [0.1, 0.15) is 6.92 Å². The normalized spacial score (nSPS) is 20.5. The topological polar surface area (TPSA) is 122 Å². The van der Waals surface area contributed by atoms with Crippen molar-refractivity contribution in [2.24, 2.45) is 0 Å². The fourth-order valence-electron chi connectivity index (χ4n) is 1.27. The Bertz CT molecular complexity index is 404. The third kappa shape index (κ3) is 3.32. The van der Waals surface area contributed by atoms with Crippen molar-refractivity contribution in [3.63, 3.8) is 0 Å². The highest BCUT2D eigenvalue weighted by atomic mass is 32.3. The fourth-order valence-corrected chi connectivity index (χ4v) is 1.56. The summed E-state index contributed by atoms with van der Waals surface area (Å²) in [7, 11) is -4.51. The van der Waals surface area contributed by atoms with E-state index in [0.717, 1.165) is 0 Å². The maximum atomic E-state index is 10.6. The monoisotopic (exact) mass is 253 g/mol. The van der Waals surface area contributed by atoms with E-state index >= 15 is 0 Å². The van der Waals surface area contributed by atoms with Gasteiger partial charge in [0, 0.05) is 0 Å². The molecule has 0 spiro atoms. The molecule has 2 N–H and O–H groups in total. The predicted molar refractivity (Wildman–Crippen MR) is 51.9 cm³/mol. The number of hydrogen-bond acceptors (Lipinski definition) is 7. The van der Waals surface area contributed by atoms with Gasteiger partial charge in [0.25, 0.3) is 0 Å². The molecule has 1 rings (SSSR count). The smallest absolute Gasteiger partial charge is 0.358 e. The molecule has 9 nitrogen and oxygen atoms in total. The second kappa shape index (κ2) is 4.63. The van der Waals surface area contributed by atoms with Gasteiger partial charge in [0.05, 0.1) is 6.20 Å². The van der Waals surface area contributed by atoms with E-state index in [1.807, 2.05) is 0 Å². The van der Waals surface area contributed by atoms with Gasteiger partial charge in [-0.1, -0.05) is 0 Å². The van der Waals surface area contributed by atoms with Crippen LogP contribution in [0.4, 0.5) is 0 Å². The van der Waals surface area contributed by atoms with Gasteiger partial charge in [-0.05, 0) is 11.8 Å². The van der Waals surface area contributed by atoms with E-state index in [0.29, 0.717) is 0 Å². The zero-order valence-electron chi connectivity index (χ0n) is 8.36. The zero-order valence-corrected chi connectivity index (χ0v) is 9.18. The molecule has 0 aromatic heterocycles. The molecule has 1 aliphatic rings. The Morgan fingerprint density at radius 1 is 1.75 bits per heavy atom. The van der Waals surface area contributed by atoms with E-state index in [2.05, 4.69) is 9.50 Å². The van der Waals surface area contributed by atoms with E-state index in [1.165, 1.54) is 11.1 Å². The van der Waals surface area contributed by atoms with E-state index in [1.54, 1.807) is 6.92 Å². The first kappa shape index (κ1) is 12.7. The second-order valence-corrected chi connectivity index (χ2v) is 4.14. The van der Waals surface area contributed by atoms with Crippen LogP contribution in [-0.4, -0.2) is 42.1 Å². The van der Waals surface area contributed by atoms with Gasteiger partial charge >= 0.3 is 16.2 Å². The largest absolute Gasteiger partial charge is 0.397 e. The highest BCUT2D eigenvalue weighted by Crippen LogP contribution is 2.13. The Hall–Kier alpha value is -1.39. The maximum absolute atomic E-state index is 10.6. The van der Waals surface area contributed by atoms with Crippen molar-refractivity contribution in [2.45, 2.75) is 13.1 Å². The quantitative estimate of drug-likeness (QED) is 0.368. The van der Waals surface area contributed by atoms with E-state index in [4.69, 9.17) is 4.55 Å². The van der Waals surface area contributed by atoms with E-state index in [9.17, 15) is 18.5 Å². The summed E-state index contributed by atoms with van der Waals surface area (Å²) in [6.45, 7) is 1.28. The third-order valence-electron chi connectivity index (χ3n) is 1.97. The molecule has 1 aliphatic heterocycles. The lowest BCUT2D eigenvalue weighted by Crippen LogP contribution is -2.38. The average Bonchev–Trinajstić information content (AvgIpc) is 2.46. The minimum Gasteiger partial charge on any atom is -0.358 e. The standard InChI is InChI=1S/C6H11N3O6S/c1-5-7-4-6(9(10)11)8(5)2-3-15-16(12,13)14/h4-5,7H,2-3H2,1H3,(H,12,13,14). The lowest BCUT2D eigenvalue weighted by atomic mass is 10.4. The van der Waals surface area contributed by atoms with Gasteiger partial charge < -0.3 is 15.4 Å². The summed E-state index contributed by atoms with van der Waals surface area (Å²) in [5.41, 5.74) is 0. The SMILES string of the molecule is CC1NC=C([N+](=O)[O-])N1CCOS(=O)(=O)O. The van der Waals surface area contributed by atoms with Gasteiger partial charge in [-0.3, -0.25) is 4.55 Å². The van der Waals surface area contributed by atoms with Crippen LogP contribution in [0.5, 0.6) is 0 Å². The van der Waals surface area contributed by atoms with E-state index in [-0.39, 0.29) is 25.1 Å². The summed E-state index contributed by atoms with van der Waals surface area (Å²) < 4.78 is 32.9. The molecule has 10 heteroatoms. The first-order valence-electron chi connectivity index (χ1n) is 4.30. The van der Waals surface area contributed by atoms with Gasteiger partial charge in [-0.15, -0.1) is 0 Å². The van der Waals surface area contributed by atoms with Crippen molar-refractivity contribution in [3.05, 3.63) is 22.1 Å². The van der Waals surface area contributed by atoms with Gasteiger partial charge in [0.15, 0.2) is 6.17 Å². The van der Waals surface area contributed by atoms with Crippen LogP contribution < -0.4 is 5.32 Å². The lowest BCUT2D eigenvalue weighted by Gasteiger charge is -2.17. The molecule has 1 heterocycles. The molecular formula is C6H11N3O6S. The van der Waals surface area contributed by atoms with Crippen molar-refractivity contribution < 1.29 is 22.1 Å². The Labute approximate surface area is 91.8 Å².